The Kier molecular flexibility index (Phi) is 6.52. The van der Waals surface area contributed by atoms with Gasteiger partial charge in [-0.3, -0.25) is 0 Å². The molecule has 0 aliphatic carbocycles. The van der Waals surface area contributed by atoms with Gasteiger partial charge in [0.05, 0.1) is 6.10 Å². The minimum absolute atomic E-state index is 0.230. The lowest BCUT2D eigenvalue weighted by atomic mass is 9.88. The van der Waals surface area contributed by atoms with E-state index >= 15 is 0 Å². The van der Waals surface area contributed by atoms with E-state index in [4.69, 9.17) is 0 Å². The summed E-state index contributed by atoms with van der Waals surface area (Å²) in [6, 6.07) is 0. The van der Waals surface area contributed by atoms with Crippen LogP contribution in [0.4, 0.5) is 0 Å². The summed E-state index contributed by atoms with van der Waals surface area (Å²) < 4.78 is 0. The largest absolute Gasteiger partial charge is 0.390 e. The number of hydrogen-bond acceptors (Lipinski definition) is 4. The van der Waals surface area contributed by atoms with Gasteiger partial charge in [-0.15, -0.1) is 0 Å². The van der Waals surface area contributed by atoms with Crippen LogP contribution in [0.2, 0.25) is 0 Å². The Hall–Kier alpha value is -0.0300. The molecule has 3 N–H and O–H groups in total. The van der Waals surface area contributed by atoms with Crippen LogP contribution < -0.4 is 0 Å². The zero-order valence-electron chi connectivity index (χ0n) is 9.68. The van der Waals surface area contributed by atoms with Crippen molar-refractivity contribution in [3.05, 3.63) is 0 Å². The molecule has 0 aromatic carbocycles. The summed E-state index contributed by atoms with van der Waals surface area (Å²) in [6.45, 7) is 6.38. The van der Waals surface area contributed by atoms with Crippen LogP contribution in [0, 0.1) is 5.41 Å². The van der Waals surface area contributed by atoms with Crippen molar-refractivity contribution in [3.63, 3.8) is 0 Å². The highest BCUT2D eigenvalue weighted by Crippen LogP contribution is 2.22. The molecule has 0 spiro atoms. The number of aliphatic hydroxyl groups excluding tert-OH is 3. The fourth-order valence-electron chi connectivity index (χ4n) is 1.32. The van der Waals surface area contributed by atoms with Crippen LogP contribution >= 0.6 is 12.2 Å². The smallest absolute Gasteiger partial charge is 0.111 e. The first-order chi connectivity index (χ1) is 6.78. The Morgan fingerprint density at radius 1 is 1.20 bits per heavy atom. The zero-order valence-corrected chi connectivity index (χ0v) is 10.5. The lowest BCUT2D eigenvalue weighted by Crippen LogP contribution is -2.37. The Labute approximate surface area is 97.1 Å². The first-order valence-electron chi connectivity index (χ1n) is 5.27. The van der Waals surface area contributed by atoms with Crippen molar-refractivity contribution in [2.45, 2.75) is 58.3 Å². The van der Waals surface area contributed by atoms with E-state index in [1.807, 2.05) is 0 Å². The molecule has 4 heteroatoms. The van der Waals surface area contributed by atoms with E-state index in [2.05, 4.69) is 33.0 Å². The van der Waals surface area contributed by atoms with Crippen molar-refractivity contribution in [2.75, 3.05) is 0 Å². The molecule has 90 valence electrons. The maximum Gasteiger partial charge on any atom is 0.111 e. The molecule has 0 rings (SSSR count). The van der Waals surface area contributed by atoms with Crippen LogP contribution in [0.1, 0.15) is 40.0 Å². The zero-order chi connectivity index (χ0) is 12.1. The second-order valence-electron chi connectivity index (χ2n) is 5.14. The maximum absolute atomic E-state index is 9.54. The molecule has 0 aromatic heterocycles. The SMILES string of the molecule is CC(C)(C)CCC[C@@H](O)[C@@H](O)[C@@H](O)C=S. The van der Waals surface area contributed by atoms with Crippen LogP contribution in [-0.4, -0.2) is 39.0 Å². The van der Waals surface area contributed by atoms with E-state index in [9.17, 15) is 15.3 Å². The molecule has 0 heterocycles. The van der Waals surface area contributed by atoms with Crippen molar-refractivity contribution >= 4 is 17.6 Å². The lowest BCUT2D eigenvalue weighted by molar-refractivity contribution is -0.0367. The summed E-state index contributed by atoms with van der Waals surface area (Å²) in [5, 5.41) is 29.2. The van der Waals surface area contributed by atoms with Crippen molar-refractivity contribution in [1.82, 2.24) is 0 Å². The molecule has 0 unspecified atom stereocenters. The summed E-state index contributed by atoms with van der Waals surface area (Å²) in [7, 11) is 0. The topological polar surface area (TPSA) is 60.7 Å². The van der Waals surface area contributed by atoms with E-state index in [1.165, 1.54) is 0 Å². The highest BCUT2D eigenvalue weighted by molar-refractivity contribution is 7.79. The third-order valence-electron chi connectivity index (χ3n) is 2.31. The van der Waals surface area contributed by atoms with Crippen molar-refractivity contribution in [1.29, 1.82) is 0 Å². The number of thiocarbonyl (C=S) groups is 1. The minimum atomic E-state index is -1.16. The van der Waals surface area contributed by atoms with Gasteiger partial charge in [0.15, 0.2) is 0 Å². The third-order valence-corrected chi connectivity index (χ3v) is 2.59. The molecule has 0 fully saturated rings. The van der Waals surface area contributed by atoms with E-state index in [-0.39, 0.29) is 5.41 Å². The Morgan fingerprint density at radius 3 is 2.13 bits per heavy atom. The van der Waals surface area contributed by atoms with E-state index < -0.39 is 18.3 Å². The highest BCUT2D eigenvalue weighted by Gasteiger charge is 2.23. The quantitative estimate of drug-likeness (QED) is 0.606. The second-order valence-corrected chi connectivity index (χ2v) is 5.41. The predicted molar refractivity (Wildman–Crippen MR) is 65.0 cm³/mol. The Balaban J connectivity index is 3.83. The standard InChI is InChI=1S/C11H22O3S/c1-11(2,3)6-4-5-8(12)10(14)9(13)7-15/h7-10,12-14H,4-6H2,1-3H3/t8-,9+,10-/m1/s1. The molecule has 0 bridgehead atoms. The highest BCUT2D eigenvalue weighted by atomic mass is 32.1. The summed E-state index contributed by atoms with van der Waals surface area (Å²) in [4.78, 5) is 0. The molecule has 0 aliphatic heterocycles. The summed E-state index contributed by atoms with van der Waals surface area (Å²) in [5.41, 5.74) is 0.230. The predicted octanol–water partition coefficient (Wildman–Crippen LogP) is 1.29. The fraction of sp³-hybridized carbons (Fsp3) is 0.909. The van der Waals surface area contributed by atoms with Crippen LogP contribution in [0.25, 0.3) is 0 Å². The molecule has 0 aromatic rings. The van der Waals surface area contributed by atoms with Gasteiger partial charge in [-0.25, -0.2) is 0 Å². The van der Waals surface area contributed by atoms with Crippen LogP contribution in [-0.2, 0) is 0 Å². The molecule has 0 amide bonds. The van der Waals surface area contributed by atoms with Crippen LogP contribution in [0.3, 0.4) is 0 Å². The lowest BCUT2D eigenvalue weighted by Gasteiger charge is -2.22. The van der Waals surface area contributed by atoms with Crippen molar-refractivity contribution < 1.29 is 15.3 Å². The average molecular weight is 234 g/mol. The number of rotatable bonds is 6. The Bertz CT molecular complexity index is 189. The molecule has 15 heavy (non-hydrogen) atoms. The summed E-state index contributed by atoms with van der Waals surface area (Å²) in [6.07, 6.45) is -0.900. The normalized spacial score (nSPS) is 18.3. The maximum atomic E-state index is 9.54. The van der Waals surface area contributed by atoms with Crippen molar-refractivity contribution in [2.24, 2.45) is 5.41 Å². The molecular formula is C11H22O3S. The molecular weight excluding hydrogens is 212 g/mol. The van der Waals surface area contributed by atoms with Gasteiger partial charge in [-0.1, -0.05) is 39.4 Å². The van der Waals surface area contributed by atoms with Crippen LogP contribution in [0.15, 0.2) is 0 Å². The molecule has 3 atom stereocenters. The first kappa shape index (κ1) is 15.0. The monoisotopic (exact) mass is 234 g/mol. The summed E-state index contributed by atoms with van der Waals surface area (Å²) in [5.74, 6) is 0. The molecule has 3 nitrogen and oxygen atoms in total. The van der Waals surface area contributed by atoms with Gasteiger partial charge in [0, 0.05) is 5.37 Å². The van der Waals surface area contributed by atoms with E-state index in [0.717, 1.165) is 18.2 Å². The van der Waals surface area contributed by atoms with Gasteiger partial charge in [-0.05, 0) is 18.3 Å². The average Bonchev–Trinajstić information content (AvgIpc) is 2.13. The number of hydrogen-bond donors (Lipinski definition) is 3. The third kappa shape index (κ3) is 6.95. The Morgan fingerprint density at radius 2 is 1.73 bits per heavy atom. The van der Waals surface area contributed by atoms with Gasteiger partial charge in [0.25, 0.3) is 0 Å². The van der Waals surface area contributed by atoms with E-state index in [0.29, 0.717) is 6.42 Å². The van der Waals surface area contributed by atoms with Gasteiger partial charge in [0.2, 0.25) is 0 Å². The van der Waals surface area contributed by atoms with Gasteiger partial charge < -0.3 is 15.3 Å². The molecule has 0 radical (unpaired) electrons. The van der Waals surface area contributed by atoms with E-state index in [1.54, 1.807) is 0 Å². The molecule has 0 aliphatic rings. The fourth-order valence-corrected chi connectivity index (χ4v) is 1.48. The minimum Gasteiger partial charge on any atom is -0.390 e. The summed E-state index contributed by atoms with van der Waals surface area (Å²) >= 11 is 4.50. The number of aliphatic hydroxyl groups is 3. The van der Waals surface area contributed by atoms with Crippen LogP contribution in [0.5, 0.6) is 0 Å². The first-order valence-corrected chi connectivity index (χ1v) is 5.74. The van der Waals surface area contributed by atoms with Gasteiger partial charge in [0.1, 0.15) is 12.2 Å². The van der Waals surface area contributed by atoms with Gasteiger partial charge >= 0.3 is 0 Å². The molecule has 0 saturated carbocycles. The molecule has 0 saturated heterocycles. The van der Waals surface area contributed by atoms with Gasteiger partial charge in [-0.2, -0.15) is 0 Å². The van der Waals surface area contributed by atoms with Crippen molar-refractivity contribution in [3.8, 4) is 0 Å². The second kappa shape index (κ2) is 6.53.